The molecule has 2 fully saturated rings. The Hall–Kier alpha value is -9.99. The summed E-state index contributed by atoms with van der Waals surface area (Å²) < 4.78 is 60.3. The first-order chi connectivity index (χ1) is 47.4. The van der Waals surface area contributed by atoms with E-state index in [4.69, 9.17) is 47.1 Å². The molecule has 2 aromatic heterocycles. The molecule has 32 nitrogen and oxygen atoms in total. The maximum absolute atomic E-state index is 14.7. The van der Waals surface area contributed by atoms with Gasteiger partial charge >= 0.3 is 36.1 Å². The number of aliphatic hydroxyl groups is 1. The molecule has 5 heterocycles. The summed E-state index contributed by atoms with van der Waals surface area (Å²) >= 11 is 0. The molecule has 0 radical (unpaired) electrons. The van der Waals surface area contributed by atoms with Crippen molar-refractivity contribution in [2.75, 3.05) is 62.0 Å². The fourth-order valence-corrected chi connectivity index (χ4v) is 12.0. The van der Waals surface area contributed by atoms with Crippen LogP contribution in [0.3, 0.4) is 0 Å². The number of aliphatic carboxylic acids is 1. The first kappa shape index (κ1) is 78.3. The number of hydrogen-bond donors (Lipinski definition) is 7. The Morgan fingerprint density at radius 2 is 1.32 bits per heavy atom. The molecule has 7 amide bonds. The molecule has 0 spiro atoms. The van der Waals surface area contributed by atoms with E-state index in [9.17, 15) is 63.0 Å². The van der Waals surface area contributed by atoms with E-state index in [1.54, 1.807) is 57.9 Å². The van der Waals surface area contributed by atoms with E-state index in [2.05, 4.69) is 67.0 Å². The number of aliphatic hydroxyl groups excluding tert-OH is 1. The number of fused-ring (bicyclic) bond motifs is 2. The van der Waals surface area contributed by atoms with Crippen molar-refractivity contribution in [1.29, 1.82) is 0 Å². The second-order valence-electron chi connectivity index (χ2n) is 26.9. The van der Waals surface area contributed by atoms with Crippen LogP contribution in [-0.4, -0.2) is 193 Å². The Morgan fingerprint density at radius 1 is 0.713 bits per heavy atom. The Kier molecular flexibility index (Phi) is 25.9. The number of ether oxygens (including phenoxy) is 9. The van der Waals surface area contributed by atoms with Gasteiger partial charge in [0, 0.05) is 92.5 Å². The van der Waals surface area contributed by atoms with Crippen LogP contribution in [0.4, 0.5) is 26.7 Å². The molecule has 550 valence electrons. The second kappa shape index (κ2) is 33.4. The highest BCUT2D eigenvalue weighted by Crippen LogP contribution is 2.43. The molecule has 3 aliphatic heterocycles. The number of nitrogens with zero attached hydrogens (tertiary/aromatic N) is 4. The van der Waals surface area contributed by atoms with Crippen molar-refractivity contribution in [3.8, 4) is 17.2 Å². The lowest BCUT2D eigenvalue weighted by Gasteiger charge is -2.42. The summed E-state index contributed by atoms with van der Waals surface area (Å²) in [5.41, 5.74) is 0.576. The van der Waals surface area contributed by atoms with Gasteiger partial charge in [0.25, 0.3) is 23.6 Å². The third-order valence-electron chi connectivity index (χ3n) is 16.7. The number of anilines is 3. The summed E-state index contributed by atoms with van der Waals surface area (Å²) in [5, 5.41) is 36.3. The van der Waals surface area contributed by atoms with Gasteiger partial charge in [0.2, 0.25) is 18.3 Å². The van der Waals surface area contributed by atoms with Crippen molar-refractivity contribution >= 4 is 91.0 Å². The van der Waals surface area contributed by atoms with Crippen LogP contribution in [0.2, 0.25) is 18.1 Å². The molecule has 1 unspecified atom stereocenters. The zero-order valence-electron chi connectivity index (χ0n) is 59.2. The molecular formula is C68H91N9O23Si. The average molecular weight is 1430 g/mol. The van der Waals surface area contributed by atoms with Crippen LogP contribution in [-0.2, 0) is 77.5 Å². The number of carbonyl (C=O) groups excluding carboxylic acids is 10. The number of alkyl carbamates (subject to hydrolysis) is 1. The van der Waals surface area contributed by atoms with Gasteiger partial charge in [0.05, 0.1) is 47.9 Å². The molecule has 3 aliphatic rings. The Bertz CT molecular complexity index is 3800. The van der Waals surface area contributed by atoms with Gasteiger partial charge in [0.15, 0.2) is 44.4 Å². The highest BCUT2D eigenvalue weighted by Gasteiger charge is 2.56. The second-order valence-corrected chi connectivity index (χ2v) is 31.7. The number of carboxylic acids is 1. The number of nitrogens with one attached hydrogen (secondary N) is 5. The molecule has 7 atom stereocenters. The Balaban J connectivity index is 1.05. The van der Waals surface area contributed by atoms with Crippen molar-refractivity contribution < 1.29 is 110 Å². The number of amides is 7. The number of hydrogen-bond acceptors (Lipinski definition) is 22. The highest BCUT2D eigenvalue weighted by atomic mass is 28.4. The fourth-order valence-electron chi connectivity index (χ4n) is 10.9. The maximum Gasteiger partial charge on any atom is 0.416 e. The standard InChI is InChI=1S/C68H91N9O23Si/c1-37-27-49-62(86)77(66(90)93-36-41-20-21-50(45(28-41)58(82)69-22-17-23-71-65(89)100-67(5,6)7)98-64-57(97-40(4)80)55(96-39(3)79)54(95-38(2)78)56(99-64)63(87)88)46-32-52(51(91-13)31-44(46)61(85)76(49)33-37)92-25-16-19-53(81)72-42-29-48(75(12)34-42)60(84)73-43-30-47(74(11)35-43)59(83)70-24-18-26-94-101(14,15)68(8,9)10/h20-21,28-32,34-35,49,54-57,62,64,86H,1,16-19,22-27,33,36H2,2-15H3,(H,69,82)(H,70,83)(H,71,89)(H,72,81)(H,73,84)(H,87,88)/t49-,54-,55-,56-,57+,62?,64+/m0/s1. The first-order valence-electron chi connectivity index (χ1n) is 32.6. The predicted molar refractivity (Wildman–Crippen MR) is 364 cm³/mol. The van der Waals surface area contributed by atoms with Gasteiger partial charge in [-0.25, -0.2) is 19.3 Å². The molecule has 2 saturated heterocycles. The van der Waals surface area contributed by atoms with Crippen LogP contribution in [0.25, 0.3) is 0 Å². The Morgan fingerprint density at radius 3 is 1.94 bits per heavy atom. The zero-order valence-corrected chi connectivity index (χ0v) is 60.2. The van der Waals surface area contributed by atoms with Crippen molar-refractivity contribution in [2.24, 2.45) is 14.1 Å². The van der Waals surface area contributed by atoms with Crippen LogP contribution in [0, 0.1) is 0 Å². The van der Waals surface area contributed by atoms with Crippen LogP contribution in [0.15, 0.2) is 67.0 Å². The van der Waals surface area contributed by atoms with E-state index in [-0.39, 0.29) is 108 Å². The van der Waals surface area contributed by atoms with E-state index in [0.717, 1.165) is 25.7 Å². The normalized spacial score (nSPS) is 18.9. The fraction of sp³-hybridized carbons (Fsp3) is 0.515. The quantitative estimate of drug-likeness (QED) is 0.0106. The van der Waals surface area contributed by atoms with Crippen molar-refractivity contribution in [1.82, 2.24) is 30.0 Å². The number of methoxy groups -OCH3 is 1. The smallest absolute Gasteiger partial charge is 0.416 e. The summed E-state index contributed by atoms with van der Waals surface area (Å²) in [7, 11) is 2.73. The van der Waals surface area contributed by atoms with Gasteiger partial charge in [-0.15, -0.1) is 0 Å². The van der Waals surface area contributed by atoms with Gasteiger partial charge in [-0.05, 0) is 100 Å². The van der Waals surface area contributed by atoms with Gasteiger partial charge in [-0.2, -0.15) is 0 Å². The van der Waals surface area contributed by atoms with Gasteiger partial charge in [0.1, 0.15) is 29.3 Å². The number of aryl methyl sites for hydroxylation is 2. The van der Waals surface area contributed by atoms with Crippen LogP contribution >= 0.6 is 0 Å². The van der Waals surface area contributed by atoms with Gasteiger partial charge < -0.3 is 97.9 Å². The monoisotopic (exact) mass is 1430 g/mol. The summed E-state index contributed by atoms with van der Waals surface area (Å²) in [5.74, 6) is -7.70. The minimum Gasteiger partial charge on any atom is -0.493 e. The number of esters is 3. The van der Waals surface area contributed by atoms with Crippen molar-refractivity contribution in [2.45, 2.75) is 168 Å². The van der Waals surface area contributed by atoms with Crippen LogP contribution in [0.5, 0.6) is 17.2 Å². The molecule has 33 heteroatoms. The summed E-state index contributed by atoms with van der Waals surface area (Å²) in [6.45, 7) is 23.0. The highest BCUT2D eigenvalue weighted by molar-refractivity contribution is 6.74. The van der Waals surface area contributed by atoms with Crippen molar-refractivity contribution in [3.05, 3.63) is 95.1 Å². The molecule has 0 saturated carbocycles. The molecule has 2 aromatic carbocycles. The SMILES string of the molecule is C=C1C[C@H]2C(O)N(C(=O)OCc3ccc(O[C@@H]4O[C@H](C(=O)O)[C@@H](OC(C)=O)[C@H](OC(C)=O)[C@H]4OC(C)=O)c(C(=O)NCCCNC(=O)OC(C)(C)C)c3)c3cc(OCCCC(=O)Nc4cc(C(=O)Nc5cc(C(=O)NCCCO[Si](C)(C)C(C)(C)C)n(C)c5)n(C)c4)c(OC)cc3C(=O)N2C1. The third kappa shape index (κ3) is 20.6. The first-order valence-corrected chi connectivity index (χ1v) is 35.5. The van der Waals surface area contributed by atoms with E-state index < -0.39 is 123 Å². The van der Waals surface area contributed by atoms with E-state index in [1.807, 2.05) is 0 Å². The third-order valence-corrected chi connectivity index (χ3v) is 21.2. The van der Waals surface area contributed by atoms with Crippen LogP contribution in [0.1, 0.15) is 142 Å². The molecular weight excluding hydrogens is 1340 g/mol. The zero-order chi connectivity index (χ0) is 74.6. The number of carbonyl (C=O) groups is 11. The van der Waals surface area contributed by atoms with E-state index >= 15 is 0 Å². The maximum atomic E-state index is 14.7. The Labute approximate surface area is 585 Å². The molecule has 7 N–H and O–H groups in total. The average Bonchev–Trinajstić information content (AvgIpc) is 1.66. The molecule has 4 aromatic rings. The van der Waals surface area contributed by atoms with Crippen molar-refractivity contribution in [3.63, 3.8) is 0 Å². The number of carboxylic acid groups (broad SMARTS) is 1. The van der Waals surface area contributed by atoms with Gasteiger partial charge in [-0.1, -0.05) is 39.0 Å². The number of aromatic nitrogens is 2. The molecule has 7 rings (SSSR count). The predicted octanol–water partition coefficient (Wildman–Crippen LogP) is 6.44. The number of benzene rings is 2. The van der Waals surface area contributed by atoms with Crippen LogP contribution < -0.4 is 45.7 Å². The molecule has 101 heavy (non-hydrogen) atoms. The lowest BCUT2D eigenvalue weighted by molar-refractivity contribution is -0.281. The van der Waals surface area contributed by atoms with Gasteiger partial charge in [-0.3, -0.25) is 38.4 Å². The topological polar surface area (TPSA) is 397 Å². The summed E-state index contributed by atoms with van der Waals surface area (Å²) in [4.78, 5) is 148. The number of rotatable bonds is 28. The van der Waals surface area contributed by atoms with E-state index in [0.29, 0.717) is 42.2 Å². The molecule has 0 aliphatic carbocycles. The minimum atomic E-state index is -2.10. The van der Waals surface area contributed by atoms with E-state index in [1.165, 1.54) is 53.0 Å². The largest absolute Gasteiger partial charge is 0.493 e. The lowest BCUT2D eigenvalue weighted by atomic mass is 9.97. The summed E-state index contributed by atoms with van der Waals surface area (Å²) in [6, 6.07) is 8.47. The lowest BCUT2D eigenvalue weighted by Crippen LogP contribution is -2.64. The summed E-state index contributed by atoms with van der Waals surface area (Å²) in [6.07, 6.45) is -9.16. The minimum absolute atomic E-state index is 0.00362. The molecule has 0 bridgehead atoms.